The summed E-state index contributed by atoms with van der Waals surface area (Å²) in [6.45, 7) is 0.229. The Balaban J connectivity index is 2.35. The molecule has 18 heavy (non-hydrogen) atoms. The highest BCUT2D eigenvalue weighted by Crippen LogP contribution is 2.22. The topological polar surface area (TPSA) is 49.8 Å². The number of aromatic nitrogens is 2. The molecule has 0 aliphatic rings. The Hall–Kier alpha value is -1.60. The van der Waals surface area contributed by atoms with Crippen molar-refractivity contribution in [2.45, 2.75) is 25.4 Å². The summed E-state index contributed by atoms with van der Waals surface area (Å²) in [4.78, 5) is 7.45. The van der Waals surface area contributed by atoms with Crippen molar-refractivity contribution in [3.8, 4) is 0 Å². The summed E-state index contributed by atoms with van der Waals surface area (Å²) in [7, 11) is 1.58. The van der Waals surface area contributed by atoms with Gasteiger partial charge in [-0.3, -0.25) is 0 Å². The summed E-state index contributed by atoms with van der Waals surface area (Å²) in [5, 5.41) is 5.28. The van der Waals surface area contributed by atoms with Gasteiger partial charge in [0.2, 0.25) is 5.95 Å². The third kappa shape index (κ3) is 5.15. The van der Waals surface area contributed by atoms with Crippen molar-refractivity contribution in [3.05, 3.63) is 12.0 Å². The molecule has 0 aliphatic carbocycles. The van der Waals surface area contributed by atoms with Crippen molar-refractivity contribution in [3.63, 3.8) is 0 Å². The van der Waals surface area contributed by atoms with Crippen LogP contribution in [0, 0.1) is 5.82 Å². The zero-order chi connectivity index (χ0) is 13.6. The van der Waals surface area contributed by atoms with E-state index in [0.29, 0.717) is 0 Å². The number of hydrogen-bond acceptors (Lipinski definition) is 4. The zero-order valence-corrected chi connectivity index (χ0v) is 9.81. The molecule has 0 saturated carbocycles. The molecular formula is C10H14F4N4. The van der Waals surface area contributed by atoms with Crippen molar-refractivity contribution in [1.82, 2.24) is 9.97 Å². The lowest BCUT2D eigenvalue weighted by molar-refractivity contribution is -0.135. The number of nitrogens with zero attached hydrogens (tertiary/aromatic N) is 2. The first-order chi connectivity index (χ1) is 8.42. The van der Waals surface area contributed by atoms with E-state index in [2.05, 4.69) is 20.6 Å². The highest BCUT2D eigenvalue weighted by atomic mass is 19.4. The predicted octanol–water partition coefficient (Wildman–Crippen LogP) is 2.80. The van der Waals surface area contributed by atoms with E-state index in [0.717, 1.165) is 6.20 Å². The molecule has 8 heteroatoms. The average Bonchev–Trinajstić information content (AvgIpc) is 2.29. The minimum Gasteiger partial charge on any atom is -0.367 e. The molecule has 0 aromatic carbocycles. The van der Waals surface area contributed by atoms with Gasteiger partial charge in [-0.15, -0.1) is 0 Å². The number of nitrogens with one attached hydrogen (secondary N) is 2. The summed E-state index contributed by atoms with van der Waals surface area (Å²) >= 11 is 0. The van der Waals surface area contributed by atoms with Gasteiger partial charge in [-0.2, -0.15) is 18.2 Å². The molecule has 1 aromatic heterocycles. The van der Waals surface area contributed by atoms with Crippen LogP contribution in [-0.2, 0) is 0 Å². The second-order valence-electron chi connectivity index (χ2n) is 3.64. The van der Waals surface area contributed by atoms with Gasteiger partial charge in [0.25, 0.3) is 0 Å². The van der Waals surface area contributed by atoms with Crippen LogP contribution in [0.3, 0.4) is 0 Å². The number of unbranched alkanes of at least 4 members (excludes halogenated alkanes) is 1. The van der Waals surface area contributed by atoms with Crippen LogP contribution in [0.4, 0.5) is 29.3 Å². The lowest BCUT2D eigenvalue weighted by atomic mass is 10.2. The molecule has 0 bridgehead atoms. The quantitative estimate of drug-likeness (QED) is 0.614. The number of alkyl halides is 3. The van der Waals surface area contributed by atoms with Crippen LogP contribution in [0.5, 0.6) is 0 Å². The highest BCUT2D eigenvalue weighted by Gasteiger charge is 2.25. The van der Waals surface area contributed by atoms with Crippen molar-refractivity contribution < 1.29 is 17.6 Å². The Bertz CT molecular complexity index is 381. The molecule has 0 amide bonds. The Morgan fingerprint density at radius 3 is 2.61 bits per heavy atom. The van der Waals surface area contributed by atoms with E-state index in [-0.39, 0.29) is 31.2 Å². The van der Waals surface area contributed by atoms with E-state index >= 15 is 0 Å². The standard InChI is InChI=1S/C10H14F4N4/c1-15-9-17-6-7(11)8(18-9)16-5-3-2-4-10(12,13)14/h6H,2-5H2,1H3,(H2,15,16,17,18). The normalized spacial score (nSPS) is 11.4. The molecule has 0 spiro atoms. The minimum atomic E-state index is -4.14. The Morgan fingerprint density at radius 2 is 2.00 bits per heavy atom. The maximum absolute atomic E-state index is 13.2. The first kappa shape index (κ1) is 14.5. The molecule has 1 rings (SSSR count). The molecule has 1 aromatic rings. The van der Waals surface area contributed by atoms with Crippen LogP contribution in [0.1, 0.15) is 19.3 Å². The van der Waals surface area contributed by atoms with Crippen molar-refractivity contribution >= 4 is 11.8 Å². The molecule has 0 unspecified atom stereocenters. The summed E-state index contributed by atoms with van der Waals surface area (Å²) in [6.07, 6.45) is -3.68. The Labute approximate surface area is 102 Å². The molecule has 0 fully saturated rings. The van der Waals surface area contributed by atoms with Gasteiger partial charge < -0.3 is 10.6 Å². The maximum atomic E-state index is 13.2. The fraction of sp³-hybridized carbons (Fsp3) is 0.600. The number of halogens is 4. The van der Waals surface area contributed by atoms with Gasteiger partial charge >= 0.3 is 6.18 Å². The predicted molar refractivity (Wildman–Crippen MR) is 59.9 cm³/mol. The fourth-order valence-corrected chi connectivity index (χ4v) is 1.27. The van der Waals surface area contributed by atoms with Gasteiger partial charge in [0.1, 0.15) is 0 Å². The van der Waals surface area contributed by atoms with Crippen molar-refractivity contribution in [1.29, 1.82) is 0 Å². The first-order valence-corrected chi connectivity index (χ1v) is 5.43. The molecular weight excluding hydrogens is 252 g/mol. The largest absolute Gasteiger partial charge is 0.389 e. The lowest BCUT2D eigenvalue weighted by Crippen LogP contribution is -2.10. The number of hydrogen-bond donors (Lipinski definition) is 2. The van der Waals surface area contributed by atoms with E-state index in [9.17, 15) is 17.6 Å². The van der Waals surface area contributed by atoms with E-state index in [4.69, 9.17) is 0 Å². The van der Waals surface area contributed by atoms with Crippen molar-refractivity contribution in [2.24, 2.45) is 0 Å². The van der Waals surface area contributed by atoms with Crippen molar-refractivity contribution in [2.75, 3.05) is 24.2 Å². The maximum Gasteiger partial charge on any atom is 0.389 e. The molecule has 4 nitrogen and oxygen atoms in total. The van der Waals surface area contributed by atoms with E-state index in [1.54, 1.807) is 7.05 Å². The van der Waals surface area contributed by atoms with Gasteiger partial charge in [0.05, 0.1) is 6.20 Å². The molecule has 1 heterocycles. The van der Waals surface area contributed by atoms with E-state index < -0.39 is 18.4 Å². The van der Waals surface area contributed by atoms with Gasteiger partial charge in [0.15, 0.2) is 11.6 Å². The molecule has 0 saturated heterocycles. The first-order valence-electron chi connectivity index (χ1n) is 5.43. The number of anilines is 2. The molecule has 102 valence electrons. The SMILES string of the molecule is CNc1ncc(F)c(NCCCCC(F)(F)F)n1. The molecule has 0 aliphatic heterocycles. The molecule has 2 N–H and O–H groups in total. The lowest BCUT2D eigenvalue weighted by Gasteiger charge is -2.08. The van der Waals surface area contributed by atoms with E-state index in [1.807, 2.05) is 0 Å². The van der Waals surface area contributed by atoms with Gasteiger partial charge in [-0.25, -0.2) is 9.37 Å². The van der Waals surface area contributed by atoms with Gasteiger partial charge in [-0.1, -0.05) is 0 Å². The fourth-order valence-electron chi connectivity index (χ4n) is 1.27. The Morgan fingerprint density at radius 1 is 1.28 bits per heavy atom. The second-order valence-corrected chi connectivity index (χ2v) is 3.64. The van der Waals surface area contributed by atoms with Crippen LogP contribution < -0.4 is 10.6 Å². The summed E-state index contributed by atoms with van der Waals surface area (Å²) in [5.74, 6) is -0.402. The highest BCUT2D eigenvalue weighted by molar-refractivity contribution is 5.40. The molecule has 0 radical (unpaired) electrons. The monoisotopic (exact) mass is 266 g/mol. The number of rotatable bonds is 6. The third-order valence-corrected chi connectivity index (χ3v) is 2.15. The molecule has 0 atom stereocenters. The van der Waals surface area contributed by atoms with Gasteiger partial charge in [0, 0.05) is 20.0 Å². The van der Waals surface area contributed by atoms with Crippen LogP contribution in [0.15, 0.2) is 6.20 Å². The average molecular weight is 266 g/mol. The minimum absolute atomic E-state index is 0.00207. The van der Waals surface area contributed by atoms with Crippen LogP contribution in [-0.4, -0.2) is 29.7 Å². The Kier molecular flexibility index (Phi) is 5.11. The zero-order valence-electron chi connectivity index (χ0n) is 9.81. The van der Waals surface area contributed by atoms with Crippen LogP contribution in [0.2, 0.25) is 0 Å². The second kappa shape index (κ2) is 6.36. The van der Waals surface area contributed by atoms with E-state index in [1.165, 1.54) is 0 Å². The summed E-state index contributed by atoms with van der Waals surface area (Å²) < 4.78 is 48.8. The smallest absolute Gasteiger partial charge is 0.367 e. The summed E-state index contributed by atoms with van der Waals surface area (Å²) in [6, 6.07) is 0. The van der Waals surface area contributed by atoms with Crippen LogP contribution >= 0.6 is 0 Å². The van der Waals surface area contributed by atoms with Gasteiger partial charge in [-0.05, 0) is 12.8 Å². The summed E-state index contributed by atoms with van der Waals surface area (Å²) in [5.41, 5.74) is 0. The van der Waals surface area contributed by atoms with Crippen LogP contribution in [0.25, 0.3) is 0 Å². The third-order valence-electron chi connectivity index (χ3n) is 2.15.